The van der Waals surface area contributed by atoms with E-state index in [2.05, 4.69) is 30.9 Å². The summed E-state index contributed by atoms with van der Waals surface area (Å²) in [5, 5.41) is 10.6. The molecule has 0 aliphatic carbocycles. The third-order valence-electron chi connectivity index (χ3n) is 5.34. The molecule has 8 nitrogen and oxygen atoms in total. The average molecular weight is 462 g/mol. The molecule has 0 atom stereocenters. The monoisotopic (exact) mass is 461 g/mol. The van der Waals surface area contributed by atoms with Gasteiger partial charge in [0.2, 0.25) is 5.95 Å². The number of carbonyl (C=O) groups excluding carboxylic acids is 1. The van der Waals surface area contributed by atoms with Gasteiger partial charge in [-0.2, -0.15) is 4.98 Å². The number of nitrogens with zero attached hydrogens (tertiary/aromatic N) is 3. The van der Waals surface area contributed by atoms with E-state index in [0.717, 1.165) is 33.7 Å². The van der Waals surface area contributed by atoms with E-state index in [0.29, 0.717) is 17.1 Å². The van der Waals surface area contributed by atoms with Gasteiger partial charge in [0, 0.05) is 51.7 Å². The number of nitrogens with two attached hydrogens (primary N) is 1. The molecule has 172 valence electrons. The number of aromatic nitrogens is 3. The first-order valence-corrected chi connectivity index (χ1v) is 11.0. The van der Waals surface area contributed by atoms with Crippen LogP contribution in [0.5, 0.6) is 0 Å². The summed E-state index contributed by atoms with van der Waals surface area (Å²) in [6.07, 6.45) is 1.78. The van der Waals surface area contributed by atoms with Crippen LogP contribution in [0.1, 0.15) is 16.1 Å². The van der Waals surface area contributed by atoms with Crippen LogP contribution in [0.2, 0.25) is 0 Å². The van der Waals surface area contributed by atoms with E-state index in [4.69, 9.17) is 5.73 Å². The van der Waals surface area contributed by atoms with Crippen LogP contribution < -0.4 is 21.7 Å². The summed E-state index contributed by atoms with van der Waals surface area (Å²) in [4.78, 5) is 25.5. The lowest BCUT2D eigenvalue weighted by molar-refractivity contribution is 0.102. The van der Waals surface area contributed by atoms with E-state index in [1.165, 1.54) is 0 Å². The number of benzene rings is 3. The Balaban J connectivity index is 1.26. The fourth-order valence-electron chi connectivity index (χ4n) is 3.74. The van der Waals surface area contributed by atoms with Gasteiger partial charge in [-0.25, -0.2) is 4.98 Å². The fourth-order valence-corrected chi connectivity index (χ4v) is 3.74. The second-order valence-corrected chi connectivity index (χ2v) is 7.99. The van der Waals surface area contributed by atoms with Crippen LogP contribution in [0.25, 0.3) is 10.9 Å². The van der Waals surface area contributed by atoms with Crippen LogP contribution in [0.4, 0.5) is 34.5 Å². The first-order chi connectivity index (χ1) is 17.0. The molecule has 0 saturated heterocycles. The molecule has 2 aromatic heterocycles. The van der Waals surface area contributed by atoms with Gasteiger partial charge in [-0.3, -0.25) is 9.78 Å². The third kappa shape index (κ3) is 5.17. The third-order valence-corrected chi connectivity index (χ3v) is 5.34. The minimum Gasteiger partial charge on any atom is -0.368 e. The zero-order chi connectivity index (χ0) is 24.2. The molecule has 0 radical (unpaired) electrons. The Morgan fingerprint density at radius 3 is 2.43 bits per heavy atom. The number of hydrogen-bond donors (Lipinski definition) is 4. The number of fused-ring (bicyclic) bond motifs is 1. The quantitative estimate of drug-likeness (QED) is 0.258. The molecule has 0 aliphatic rings. The molecule has 5 N–H and O–H groups in total. The van der Waals surface area contributed by atoms with Gasteiger partial charge in [0.25, 0.3) is 5.91 Å². The number of nitrogens with one attached hydrogen (secondary N) is 3. The van der Waals surface area contributed by atoms with Crippen molar-refractivity contribution in [2.45, 2.75) is 6.92 Å². The van der Waals surface area contributed by atoms with Crippen molar-refractivity contribution in [2.24, 2.45) is 0 Å². The predicted molar refractivity (Wildman–Crippen MR) is 140 cm³/mol. The number of aryl methyl sites for hydroxylation is 1. The van der Waals surface area contributed by atoms with Crippen LogP contribution in [-0.2, 0) is 0 Å². The summed E-state index contributed by atoms with van der Waals surface area (Å²) in [7, 11) is 0. The Morgan fingerprint density at radius 2 is 1.60 bits per heavy atom. The van der Waals surface area contributed by atoms with Crippen LogP contribution in [0, 0.1) is 6.92 Å². The summed E-state index contributed by atoms with van der Waals surface area (Å²) in [5.41, 5.74) is 11.2. The van der Waals surface area contributed by atoms with Gasteiger partial charge in [-0.15, -0.1) is 0 Å². The number of nitrogen functional groups attached to an aromatic ring is 1. The zero-order valence-corrected chi connectivity index (χ0v) is 19.0. The Morgan fingerprint density at radius 1 is 0.800 bits per heavy atom. The van der Waals surface area contributed by atoms with Crippen LogP contribution in [0.15, 0.2) is 91.1 Å². The highest BCUT2D eigenvalue weighted by atomic mass is 16.1. The average Bonchev–Trinajstić information content (AvgIpc) is 2.85. The number of carbonyl (C=O) groups is 1. The van der Waals surface area contributed by atoms with Gasteiger partial charge in [-0.05, 0) is 61.5 Å². The smallest absolute Gasteiger partial charge is 0.255 e. The molecule has 3 aromatic carbocycles. The van der Waals surface area contributed by atoms with E-state index in [1.807, 2.05) is 67.6 Å². The second-order valence-electron chi connectivity index (χ2n) is 7.99. The Kier molecular flexibility index (Phi) is 5.92. The number of para-hydroxylation sites is 1. The number of amides is 1. The molecule has 2 heterocycles. The first-order valence-electron chi connectivity index (χ1n) is 11.0. The highest BCUT2D eigenvalue weighted by Crippen LogP contribution is 2.26. The molecule has 0 unspecified atom stereocenters. The van der Waals surface area contributed by atoms with E-state index < -0.39 is 0 Å². The Hall–Kier alpha value is -4.98. The molecule has 0 fully saturated rings. The summed E-state index contributed by atoms with van der Waals surface area (Å²) in [6.45, 7) is 1.84. The maximum atomic E-state index is 12.8. The molecule has 0 saturated carbocycles. The van der Waals surface area contributed by atoms with Gasteiger partial charge in [0.05, 0.1) is 5.52 Å². The number of hydrogen-bond acceptors (Lipinski definition) is 7. The molecule has 1 amide bonds. The van der Waals surface area contributed by atoms with Crippen molar-refractivity contribution in [3.05, 3.63) is 102 Å². The Bertz CT molecular complexity index is 1490. The van der Waals surface area contributed by atoms with Crippen molar-refractivity contribution < 1.29 is 4.79 Å². The normalized spacial score (nSPS) is 10.7. The molecule has 8 heteroatoms. The molecule has 0 bridgehead atoms. The largest absolute Gasteiger partial charge is 0.368 e. The molecule has 0 aliphatic heterocycles. The standard InChI is InChI=1S/C27H23N7O/c1-17-15-25(34-27(28)30-17)32-21-6-4-5-18(16-21)26(35)33-20-11-9-19(10-12-20)31-24-13-14-29-23-8-3-2-7-22(23)24/h2-16H,1H3,(H,29,31)(H,33,35)(H3,28,30,32,34). The van der Waals surface area contributed by atoms with Crippen molar-refractivity contribution in [3.63, 3.8) is 0 Å². The first kappa shape index (κ1) is 21.8. The minimum absolute atomic E-state index is 0.191. The lowest BCUT2D eigenvalue weighted by Crippen LogP contribution is -2.12. The maximum absolute atomic E-state index is 12.8. The molecule has 5 aromatic rings. The van der Waals surface area contributed by atoms with Crippen molar-refractivity contribution in [2.75, 3.05) is 21.7 Å². The number of anilines is 6. The zero-order valence-electron chi connectivity index (χ0n) is 19.0. The van der Waals surface area contributed by atoms with E-state index in [9.17, 15) is 4.79 Å². The van der Waals surface area contributed by atoms with Crippen LogP contribution in [-0.4, -0.2) is 20.9 Å². The van der Waals surface area contributed by atoms with E-state index >= 15 is 0 Å². The molecule has 0 spiro atoms. The van der Waals surface area contributed by atoms with Crippen molar-refractivity contribution in [1.82, 2.24) is 15.0 Å². The summed E-state index contributed by atoms with van der Waals surface area (Å²) in [6, 6.07) is 26.4. The lowest BCUT2D eigenvalue weighted by atomic mass is 10.1. The van der Waals surface area contributed by atoms with Gasteiger partial charge < -0.3 is 21.7 Å². The van der Waals surface area contributed by atoms with Gasteiger partial charge >= 0.3 is 0 Å². The van der Waals surface area contributed by atoms with Gasteiger partial charge in [0.15, 0.2) is 0 Å². The van der Waals surface area contributed by atoms with E-state index in [1.54, 1.807) is 30.5 Å². The molecule has 35 heavy (non-hydrogen) atoms. The van der Waals surface area contributed by atoms with Gasteiger partial charge in [-0.1, -0.05) is 24.3 Å². The maximum Gasteiger partial charge on any atom is 0.255 e. The van der Waals surface area contributed by atoms with Gasteiger partial charge in [0.1, 0.15) is 5.82 Å². The van der Waals surface area contributed by atoms with E-state index in [-0.39, 0.29) is 11.9 Å². The van der Waals surface area contributed by atoms with Crippen molar-refractivity contribution in [1.29, 1.82) is 0 Å². The van der Waals surface area contributed by atoms with Crippen molar-refractivity contribution >= 4 is 51.3 Å². The number of rotatable bonds is 6. The Labute approximate surface area is 202 Å². The SMILES string of the molecule is Cc1cc(Nc2cccc(C(=O)Nc3ccc(Nc4ccnc5ccccc45)cc3)c2)nc(N)n1. The minimum atomic E-state index is -0.215. The highest BCUT2D eigenvalue weighted by Gasteiger charge is 2.09. The topological polar surface area (TPSA) is 118 Å². The summed E-state index contributed by atoms with van der Waals surface area (Å²) < 4.78 is 0. The molecular formula is C27H23N7O. The van der Waals surface area contributed by atoms with Crippen molar-refractivity contribution in [3.8, 4) is 0 Å². The lowest BCUT2D eigenvalue weighted by Gasteiger charge is -2.11. The molecular weight excluding hydrogens is 438 g/mol. The predicted octanol–water partition coefficient (Wildman–Crippen LogP) is 5.65. The van der Waals surface area contributed by atoms with Crippen LogP contribution in [0.3, 0.4) is 0 Å². The van der Waals surface area contributed by atoms with Crippen LogP contribution >= 0.6 is 0 Å². The summed E-state index contributed by atoms with van der Waals surface area (Å²) >= 11 is 0. The fraction of sp³-hybridized carbons (Fsp3) is 0.0370. The number of pyridine rings is 1. The second kappa shape index (κ2) is 9.48. The summed E-state index contributed by atoms with van der Waals surface area (Å²) in [5.74, 6) is 0.543. The molecule has 5 rings (SSSR count). The highest BCUT2D eigenvalue weighted by molar-refractivity contribution is 6.05.